The minimum Gasteiger partial charge on any atom is -0.376 e. The summed E-state index contributed by atoms with van der Waals surface area (Å²) >= 11 is 0. The Hall–Kier alpha value is -1.51. The highest BCUT2D eigenvalue weighted by atomic mass is 16.1. The number of allylic oxidation sites excluding steroid dienone is 2. The van der Waals surface area contributed by atoms with Crippen LogP contribution in [-0.2, 0) is 4.79 Å². The van der Waals surface area contributed by atoms with Crippen LogP contribution in [-0.4, -0.2) is 11.8 Å². The first-order valence-electron chi connectivity index (χ1n) is 3.47. The van der Waals surface area contributed by atoms with Crippen molar-refractivity contribution >= 4 is 5.78 Å². The molecule has 1 unspecified atom stereocenters. The Morgan fingerprint density at radius 2 is 2.27 bits per heavy atom. The van der Waals surface area contributed by atoms with Crippen LogP contribution in [0.4, 0.5) is 0 Å². The summed E-state index contributed by atoms with van der Waals surface area (Å²) < 4.78 is 0. The molecule has 2 rings (SSSR count). The minimum atomic E-state index is -0.190. The van der Waals surface area contributed by atoms with E-state index in [1.165, 1.54) is 6.08 Å². The van der Waals surface area contributed by atoms with E-state index in [0.29, 0.717) is 0 Å². The van der Waals surface area contributed by atoms with Crippen molar-refractivity contribution in [3.8, 4) is 0 Å². The lowest BCUT2D eigenvalue weighted by Gasteiger charge is -2.23. The lowest BCUT2D eigenvalue weighted by molar-refractivity contribution is -0.115. The summed E-state index contributed by atoms with van der Waals surface area (Å²) in [5, 5.41) is 5.96. The molecule has 2 aliphatic rings. The van der Waals surface area contributed by atoms with Crippen LogP contribution in [0.2, 0.25) is 0 Å². The third-order valence-corrected chi connectivity index (χ3v) is 1.73. The molecule has 0 spiro atoms. The Morgan fingerprint density at radius 3 is 3.09 bits per heavy atom. The van der Waals surface area contributed by atoms with E-state index >= 15 is 0 Å². The molecule has 1 atom stereocenters. The van der Waals surface area contributed by atoms with Crippen LogP contribution in [0.3, 0.4) is 0 Å². The Balaban J connectivity index is 2.34. The van der Waals surface area contributed by atoms with Crippen LogP contribution < -0.4 is 10.6 Å². The van der Waals surface area contributed by atoms with Crippen molar-refractivity contribution in [1.82, 2.24) is 10.6 Å². The molecule has 0 aliphatic carbocycles. The van der Waals surface area contributed by atoms with Gasteiger partial charge in [-0.25, -0.2) is 0 Å². The van der Waals surface area contributed by atoms with Crippen LogP contribution in [0, 0.1) is 0 Å². The van der Waals surface area contributed by atoms with Crippen molar-refractivity contribution in [3.05, 3.63) is 36.3 Å². The van der Waals surface area contributed by atoms with Gasteiger partial charge in [0.15, 0.2) is 5.78 Å². The van der Waals surface area contributed by atoms with Gasteiger partial charge in [0.25, 0.3) is 0 Å². The Morgan fingerprint density at radius 1 is 1.36 bits per heavy atom. The van der Waals surface area contributed by atoms with Crippen molar-refractivity contribution in [1.29, 1.82) is 0 Å². The molecule has 0 radical (unpaired) electrons. The van der Waals surface area contributed by atoms with Crippen molar-refractivity contribution in [2.45, 2.75) is 6.04 Å². The quantitative estimate of drug-likeness (QED) is 0.509. The molecule has 0 aromatic carbocycles. The molecule has 0 fully saturated rings. The fourth-order valence-electron chi connectivity index (χ4n) is 1.17. The average molecular weight is 148 g/mol. The van der Waals surface area contributed by atoms with Gasteiger partial charge in [-0.15, -0.1) is 0 Å². The van der Waals surface area contributed by atoms with Crippen molar-refractivity contribution in [2.75, 3.05) is 0 Å². The fraction of sp³-hybridized carbons (Fsp3) is 0.125. The maximum Gasteiger partial charge on any atom is 0.185 e. The van der Waals surface area contributed by atoms with Gasteiger partial charge in [-0.05, 0) is 24.4 Å². The normalized spacial score (nSPS) is 26.7. The topological polar surface area (TPSA) is 41.1 Å². The van der Waals surface area contributed by atoms with Gasteiger partial charge in [-0.2, -0.15) is 0 Å². The zero-order chi connectivity index (χ0) is 7.68. The average Bonchev–Trinajstić information content (AvgIpc) is 2.06. The highest BCUT2D eigenvalue weighted by molar-refractivity contribution is 5.97. The van der Waals surface area contributed by atoms with E-state index < -0.39 is 0 Å². The molecule has 2 heterocycles. The lowest BCUT2D eigenvalue weighted by Crippen LogP contribution is -2.42. The zero-order valence-electron chi connectivity index (χ0n) is 5.87. The van der Waals surface area contributed by atoms with Crippen LogP contribution >= 0.6 is 0 Å². The Kier molecular flexibility index (Phi) is 1.28. The fourth-order valence-corrected chi connectivity index (χ4v) is 1.17. The number of ketones is 1. The maximum atomic E-state index is 11.2. The predicted molar refractivity (Wildman–Crippen MR) is 41.4 cm³/mol. The van der Waals surface area contributed by atoms with E-state index in [1.807, 2.05) is 12.2 Å². The summed E-state index contributed by atoms with van der Waals surface area (Å²) in [6.45, 7) is 0. The van der Waals surface area contributed by atoms with E-state index in [1.54, 1.807) is 12.4 Å². The SMILES string of the molecule is O=C1C=CNC2=CC=CNC12. The van der Waals surface area contributed by atoms with Crippen molar-refractivity contribution < 1.29 is 4.79 Å². The van der Waals surface area contributed by atoms with Gasteiger partial charge in [0.1, 0.15) is 6.04 Å². The molecular formula is C8H8N2O. The third-order valence-electron chi connectivity index (χ3n) is 1.73. The van der Waals surface area contributed by atoms with Gasteiger partial charge >= 0.3 is 0 Å². The third kappa shape index (κ3) is 0.941. The van der Waals surface area contributed by atoms with E-state index in [0.717, 1.165) is 5.70 Å². The van der Waals surface area contributed by atoms with Gasteiger partial charge < -0.3 is 10.6 Å². The minimum absolute atomic E-state index is 0.0966. The molecule has 0 saturated carbocycles. The number of hydrogen-bond acceptors (Lipinski definition) is 3. The van der Waals surface area contributed by atoms with E-state index in [4.69, 9.17) is 0 Å². The number of fused-ring (bicyclic) bond motifs is 1. The summed E-state index contributed by atoms with van der Waals surface area (Å²) in [4.78, 5) is 11.2. The maximum absolute atomic E-state index is 11.2. The molecule has 0 amide bonds. The zero-order valence-corrected chi connectivity index (χ0v) is 5.87. The van der Waals surface area contributed by atoms with Crippen LogP contribution in [0.1, 0.15) is 0 Å². The molecule has 0 saturated heterocycles. The predicted octanol–water partition coefficient (Wildman–Crippen LogP) is 0.0418. The Labute approximate surface area is 64.5 Å². The Bertz CT molecular complexity index is 276. The second-order valence-corrected chi connectivity index (χ2v) is 2.46. The first-order valence-corrected chi connectivity index (χ1v) is 3.47. The molecule has 3 heteroatoms. The molecule has 0 bridgehead atoms. The molecule has 56 valence electrons. The summed E-state index contributed by atoms with van der Waals surface area (Å²) in [6, 6.07) is -0.190. The molecule has 2 aliphatic heterocycles. The monoisotopic (exact) mass is 148 g/mol. The van der Waals surface area contributed by atoms with Gasteiger partial charge in [0.2, 0.25) is 0 Å². The first kappa shape index (κ1) is 6.22. The van der Waals surface area contributed by atoms with Gasteiger partial charge in [0, 0.05) is 11.9 Å². The molecule has 2 N–H and O–H groups in total. The van der Waals surface area contributed by atoms with E-state index in [-0.39, 0.29) is 11.8 Å². The number of carbonyl (C=O) groups is 1. The molecular weight excluding hydrogens is 140 g/mol. The summed E-state index contributed by atoms with van der Waals surface area (Å²) in [5.41, 5.74) is 0.917. The summed E-state index contributed by atoms with van der Waals surface area (Å²) in [5.74, 6) is 0.0966. The van der Waals surface area contributed by atoms with Crippen molar-refractivity contribution in [2.24, 2.45) is 0 Å². The second-order valence-electron chi connectivity index (χ2n) is 2.46. The van der Waals surface area contributed by atoms with Gasteiger partial charge in [0.05, 0.1) is 0 Å². The molecule has 3 nitrogen and oxygen atoms in total. The smallest absolute Gasteiger partial charge is 0.185 e. The highest BCUT2D eigenvalue weighted by Gasteiger charge is 2.22. The van der Waals surface area contributed by atoms with E-state index in [2.05, 4.69) is 10.6 Å². The highest BCUT2D eigenvalue weighted by Crippen LogP contribution is 2.09. The van der Waals surface area contributed by atoms with Crippen LogP contribution in [0.25, 0.3) is 0 Å². The lowest BCUT2D eigenvalue weighted by atomic mass is 10.0. The number of carbonyl (C=O) groups excluding carboxylic acids is 1. The molecule has 11 heavy (non-hydrogen) atoms. The van der Waals surface area contributed by atoms with Crippen LogP contribution in [0.5, 0.6) is 0 Å². The van der Waals surface area contributed by atoms with E-state index in [9.17, 15) is 4.79 Å². The number of rotatable bonds is 0. The standard InChI is InChI=1S/C8H8N2O/c11-7-3-5-9-6-2-1-4-10-8(6)7/h1-5,8-10H. The number of nitrogens with one attached hydrogen (secondary N) is 2. The first-order chi connectivity index (χ1) is 5.38. The van der Waals surface area contributed by atoms with Gasteiger partial charge in [-0.1, -0.05) is 0 Å². The summed E-state index contributed by atoms with van der Waals surface area (Å²) in [6.07, 6.45) is 8.72. The number of hydrogen-bond donors (Lipinski definition) is 2. The molecule has 0 aromatic heterocycles. The molecule has 0 aromatic rings. The second kappa shape index (κ2) is 2.27. The largest absolute Gasteiger partial charge is 0.376 e. The van der Waals surface area contributed by atoms with Crippen LogP contribution in [0.15, 0.2) is 36.3 Å². The van der Waals surface area contributed by atoms with Crippen molar-refractivity contribution in [3.63, 3.8) is 0 Å². The van der Waals surface area contributed by atoms with Gasteiger partial charge in [-0.3, -0.25) is 4.79 Å². The summed E-state index contributed by atoms with van der Waals surface area (Å²) in [7, 11) is 0. The number of dihydropyridines is 1.